The fraction of sp³-hybridized carbons (Fsp3) is 0.273. The Labute approximate surface area is 190 Å². The number of non-ortho nitro benzene ring substituents is 1. The van der Waals surface area contributed by atoms with Crippen molar-refractivity contribution in [2.75, 3.05) is 11.5 Å². The van der Waals surface area contributed by atoms with E-state index in [1.54, 1.807) is 6.08 Å². The standard InChI is InChI=1S/C22H22N2O5S2/c1-4-14(3)29-18-11-6-15(12-19(18)28-5-2)13-20-21(25)23(22(30)31-20)16-7-9-17(10-8-16)24(26)27/h6-14H,4-5H2,1-3H3/b20-13-/t14-/m1/s1. The first-order valence-corrected chi connectivity index (χ1v) is 11.0. The molecule has 0 radical (unpaired) electrons. The van der Waals surface area contributed by atoms with Crippen molar-refractivity contribution in [2.45, 2.75) is 33.3 Å². The molecule has 7 nitrogen and oxygen atoms in total. The summed E-state index contributed by atoms with van der Waals surface area (Å²) in [5.41, 5.74) is 1.22. The molecule has 1 amide bonds. The van der Waals surface area contributed by atoms with Crippen molar-refractivity contribution < 1.29 is 19.2 Å². The smallest absolute Gasteiger partial charge is 0.270 e. The molecule has 1 saturated heterocycles. The predicted molar refractivity (Wildman–Crippen MR) is 127 cm³/mol. The zero-order chi connectivity index (χ0) is 22.5. The number of thiocarbonyl (C=S) groups is 1. The number of benzene rings is 2. The van der Waals surface area contributed by atoms with Gasteiger partial charge in [-0.05, 0) is 56.2 Å². The van der Waals surface area contributed by atoms with Crippen LogP contribution in [-0.4, -0.2) is 27.9 Å². The van der Waals surface area contributed by atoms with Crippen molar-refractivity contribution in [3.63, 3.8) is 0 Å². The minimum absolute atomic E-state index is 0.0483. The van der Waals surface area contributed by atoms with E-state index in [9.17, 15) is 14.9 Å². The lowest BCUT2D eigenvalue weighted by Crippen LogP contribution is -2.27. The molecule has 0 spiro atoms. The second-order valence-electron chi connectivity index (χ2n) is 6.77. The maximum Gasteiger partial charge on any atom is 0.270 e. The van der Waals surface area contributed by atoms with Crippen LogP contribution in [-0.2, 0) is 4.79 Å². The van der Waals surface area contributed by atoms with E-state index in [0.29, 0.717) is 33.0 Å². The topological polar surface area (TPSA) is 81.9 Å². The van der Waals surface area contributed by atoms with Crippen LogP contribution in [0, 0.1) is 10.1 Å². The second-order valence-corrected chi connectivity index (χ2v) is 8.44. The molecular weight excluding hydrogens is 436 g/mol. The average molecular weight is 459 g/mol. The molecule has 0 unspecified atom stereocenters. The summed E-state index contributed by atoms with van der Waals surface area (Å²) < 4.78 is 12.0. The fourth-order valence-corrected chi connectivity index (χ4v) is 4.14. The summed E-state index contributed by atoms with van der Waals surface area (Å²) in [4.78, 5) is 25.2. The van der Waals surface area contributed by atoms with Gasteiger partial charge in [0.2, 0.25) is 0 Å². The van der Waals surface area contributed by atoms with Crippen molar-refractivity contribution >= 4 is 51.7 Å². The monoisotopic (exact) mass is 458 g/mol. The van der Waals surface area contributed by atoms with Gasteiger partial charge in [0, 0.05) is 12.1 Å². The molecule has 1 aliphatic rings. The van der Waals surface area contributed by atoms with Crippen LogP contribution in [0.2, 0.25) is 0 Å². The number of ether oxygens (including phenoxy) is 2. The average Bonchev–Trinajstić information content (AvgIpc) is 3.02. The van der Waals surface area contributed by atoms with E-state index in [1.165, 1.54) is 40.9 Å². The third kappa shape index (κ3) is 5.23. The highest BCUT2D eigenvalue weighted by Crippen LogP contribution is 2.38. The minimum Gasteiger partial charge on any atom is -0.490 e. The molecule has 0 aliphatic carbocycles. The van der Waals surface area contributed by atoms with Crippen molar-refractivity contribution in [1.82, 2.24) is 0 Å². The molecule has 0 bridgehead atoms. The van der Waals surface area contributed by atoms with Gasteiger partial charge in [-0.1, -0.05) is 37.0 Å². The normalized spacial score (nSPS) is 16.0. The van der Waals surface area contributed by atoms with Crippen LogP contribution >= 0.6 is 24.0 Å². The molecule has 162 valence electrons. The molecule has 0 N–H and O–H groups in total. The molecule has 0 saturated carbocycles. The van der Waals surface area contributed by atoms with Gasteiger partial charge in [0.15, 0.2) is 15.8 Å². The zero-order valence-electron chi connectivity index (χ0n) is 17.4. The summed E-state index contributed by atoms with van der Waals surface area (Å²) in [5, 5.41) is 10.9. The van der Waals surface area contributed by atoms with Gasteiger partial charge in [0.1, 0.15) is 0 Å². The lowest BCUT2D eigenvalue weighted by Gasteiger charge is -2.16. The van der Waals surface area contributed by atoms with Gasteiger partial charge in [-0.3, -0.25) is 19.8 Å². The number of carbonyl (C=O) groups excluding carboxylic acids is 1. The van der Waals surface area contributed by atoms with Crippen molar-refractivity contribution in [3.8, 4) is 11.5 Å². The summed E-state index contributed by atoms with van der Waals surface area (Å²) in [6.07, 6.45) is 2.68. The zero-order valence-corrected chi connectivity index (χ0v) is 19.0. The van der Waals surface area contributed by atoms with Gasteiger partial charge in [-0.25, -0.2) is 0 Å². The number of thioether (sulfide) groups is 1. The third-order valence-electron chi connectivity index (χ3n) is 4.58. The SMILES string of the molecule is CCOc1cc(/C=C2\SC(=S)N(c3ccc([N+](=O)[O-])cc3)C2=O)ccc1O[C@H](C)CC. The van der Waals surface area contributed by atoms with Crippen molar-refractivity contribution in [3.05, 3.63) is 63.0 Å². The van der Waals surface area contributed by atoms with Gasteiger partial charge in [-0.2, -0.15) is 0 Å². The number of nitrogens with zero attached hydrogens (tertiary/aromatic N) is 2. The Morgan fingerprint density at radius 1 is 1.19 bits per heavy atom. The predicted octanol–water partition coefficient (Wildman–Crippen LogP) is 5.58. The molecule has 1 fully saturated rings. The number of nitro benzene ring substituents is 1. The van der Waals surface area contributed by atoms with Crippen LogP contribution in [0.4, 0.5) is 11.4 Å². The van der Waals surface area contributed by atoms with E-state index in [1.807, 2.05) is 39.0 Å². The molecule has 2 aromatic rings. The van der Waals surface area contributed by atoms with Gasteiger partial charge in [-0.15, -0.1) is 0 Å². The van der Waals surface area contributed by atoms with Crippen LogP contribution in [0.3, 0.4) is 0 Å². The maximum atomic E-state index is 13.0. The molecule has 1 atom stereocenters. The summed E-state index contributed by atoms with van der Waals surface area (Å²) in [6.45, 7) is 6.43. The molecule has 2 aromatic carbocycles. The fourth-order valence-electron chi connectivity index (χ4n) is 2.85. The first kappa shape index (κ1) is 22.8. The van der Waals surface area contributed by atoms with E-state index in [4.69, 9.17) is 21.7 Å². The van der Waals surface area contributed by atoms with Gasteiger partial charge in [0.05, 0.1) is 28.2 Å². The number of hydrogen-bond donors (Lipinski definition) is 0. The Bertz CT molecular complexity index is 1040. The van der Waals surface area contributed by atoms with Crippen LogP contribution in [0.1, 0.15) is 32.8 Å². The molecule has 9 heteroatoms. The highest BCUT2D eigenvalue weighted by Gasteiger charge is 2.33. The first-order chi connectivity index (χ1) is 14.8. The molecular formula is C22H22N2O5S2. The summed E-state index contributed by atoms with van der Waals surface area (Å²) in [7, 11) is 0. The Balaban J connectivity index is 1.86. The summed E-state index contributed by atoms with van der Waals surface area (Å²) in [5.74, 6) is 0.996. The number of amides is 1. The van der Waals surface area contributed by atoms with Gasteiger partial charge >= 0.3 is 0 Å². The number of rotatable bonds is 8. The van der Waals surface area contributed by atoms with Crippen molar-refractivity contribution in [1.29, 1.82) is 0 Å². The van der Waals surface area contributed by atoms with Gasteiger partial charge in [0.25, 0.3) is 11.6 Å². The van der Waals surface area contributed by atoms with Crippen LogP contribution in [0.15, 0.2) is 47.4 Å². The van der Waals surface area contributed by atoms with Crippen LogP contribution < -0.4 is 14.4 Å². The number of anilines is 1. The molecule has 1 heterocycles. The Morgan fingerprint density at radius 3 is 2.52 bits per heavy atom. The van der Waals surface area contributed by atoms with E-state index in [2.05, 4.69) is 0 Å². The lowest BCUT2D eigenvalue weighted by atomic mass is 10.1. The molecule has 3 rings (SSSR count). The number of carbonyl (C=O) groups is 1. The van der Waals surface area contributed by atoms with E-state index in [-0.39, 0.29) is 17.7 Å². The molecule has 0 aromatic heterocycles. The van der Waals surface area contributed by atoms with Gasteiger partial charge < -0.3 is 9.47 Å². The second kappa shape index (κ2) is 9.93. The number of hydrogen-bond acceptors (Lipinski definition) is 7. The van der Waals surface area contributed by atoms with Crippen molar-refractivity contribution in [2.24, 2.45) is 0 Å². The Kier molecular flexibility index (Phi) is 7.29. The Morgan fingerprint density at radius 2 is 1.90 bits per heavy atom. The van der Waals surface area contributed by atoms with E-state index >= 15 is 0 Å². The maximum absolute atomic E-state index is 13.0. The number of nitro groups is 1. The summed E-state index contributed by atoms with van der Waals surface area (Å²) >= 11 is 6.56. The highest BCUT2D eigenvalue weighted by molar-refractivity contribution is 8.27. The quantitative estimate of drug-likeness (QED) is 0.221. The molecule has 31 heavy (non-hydrogen) atoms. The van der Waals surface area contributed by atoms with Crippen LogP contribution in [0.25, 0.3) is 6.08 Å². The molecule has 1 aliphatic heterocycles. The lowest BCUT2D eigenvalue weighted by molar-refractivity contribution is -0.384. The van der Waals surface area contributed by atoms with E-state index in [0.717, 1.165) is 12.0 Å². The summed E-state index contributed by atoms with van der Waals surface area (Å²) in [6, 6.07) is 11.3. The minimum atomic E-state index is -0.488. The highest BCUT2D eigenvalue weighted by atomic mass is 32.2. The van der Waals surface area contributed by atoms with Crippen LogP contribution in [0.5, 0.6) is 11.5 Å². The third-order valence-corrected chi connectivity index (χ3v) is 5.88. The Hall–Kier alpha value is -2.91. The first-order valence-electron chi connectivity index (χ1n) is 9.80. The largest absolute Gasteiger partial charge is 0.490 e. The van der Waals surface area contributed by atoms with E-state index < -0.39 is 4.92 Å².